The van der Waals surface area contributed by atoms with Crippen molar-refractivity contribution >= 4 is 34.6 Å². The summed E-state index contributed by atoms with van der Waals surface area (Å²) in [7, 11) is 1.40. The molecule has 1 aromatic heterocycles. The Hall–Kier alpha value is -3.81. The SMILES string of the molecule is CN(C(=O)OC(C)(C)C)C(Cc1cn(C(=O)CNc2ccccc2)c2ccccc12)C(=O)O. The summed E-state index contributed by atoms with van der Waals surface area (Å²) in [5, 5.41) is 13.7. The fourth-order valence-electron chi connectivity index (χ4n) is 3.50. The zero-order chi connectivity index (χ0) is 24.2. The zero-order valence-electron chi connectivity index (χ0n) is 19.2. The number of aromatic nitrogens is 1. The van der Waals surface area contributed by atoms with E-state index in [1.54, 1.807) is 27.0 Å². The smallest absolute Gasteiger partial charge is 0.410 e. The number of anilines is 1. The fraction of sp³-hybridized carbons (Fsp3) is 0.320. The molecule has 0 aliphatic heterocycles. The first-order valence-corrected chi connectivity index (χ1v) is 10.7. The first kappa shape index (κ1) is 23.8. The average Bonchev–Trinajstić information content (AvgIpc) is 3.13. The highest BCUT2D eigenvalue weighted by atomic mass is 16.6. The monoisotopic (exact) mass is 451 g/mol. The van der Waals surface area contributed by atoms with E-state index in [0.29, 0.717) is 11.1 Å². The maximum absolute atomic E-state index is 13.0. The molecule has 0 aliphatic rings. The summed E-state index contributed by atoms with van der Waals surface area (Å²) in [6, 6.07) is 15.5. The second kappa shape index (κ2) is 9.77. The number of fused-ring (bicyclic) bond motifs is 1. The second-order valence-corrected chi connectivity index (χ2v) is 8.80. The Balaban J connectivity index is 1.86. The summed E-state index contributed by atoms with van der Waals surface area (Å²) >= 11 is 0. The molecule has 3 rings (SSSR count). The number of nitrogens with one attached hydrogen (secondary N) is 1. The number of benzene rings is 2. The predicted molar refractivity (Wildman–Crippen MR) is 127 cm³/mol. The molecule has 1 atom stereocenters. The van der Waals surface area contributed by atoms with Crippen LogP contribution in [-0.2, 0) is 16.0 Å². The lowest BCUT2D eigenvalue weighted by molar-refractivity contribution is -0.142. The summed E-state index contributed by atoms with van der Waals surface area (Å²) in [6.45, 7) is 5.23. The van der Waals surface area contributed by atoms with Gasteiger partial charge >= 0.3 is 12.1 Å². The molecule has 0 saturated heterocycles. The van der Waals surface area contributed by atoms with Crippen molar-refractivity contribution in [2.24, 2.45) is 0 Å². The van der Waals surface area contributed by atoms with Crippen LogP contribution in [0, 0.1) is 0 Å². The van der Waals surface area contributed by atoms with Gasteiger partial charge < -0.3 is 15.2 Å². The molecule has 0 saturated carbocycles. The van der Waals surface area contributed by atoms with E-state index in [-0.39, 0.29) is 18.9 Å². The number of ether oxygens (including phenoxy) is 1. The molecule has 174 valence electrons. The molecule has 8 nitrogen and oxygen atoms in total. The van der Waals surface area contributed by atoms with E-state index in [0.717, 1.165) is 16.0 Å². The quantitative estimate of drug-likeness (QED) is 0.557. The van der Waals surface area contributed by atoms with Gasteiger partial charge in [-0.2, -0.15) is 0 Å². The molecule has 8 heteroatoms. The zero-order valence-corrected chi connectivity index (χ0v) is 19.2. The lowest BCUT2D eigenvalue weighted by Crippen LogP contribution is -2.46. The number of carboxylic acids is 1. The van der Waals surface area contributed by atoms with Crippen molar-refractivity contribution in [1.82, 2.24) is 9.47 Å². The van der Waals surface area contributed by atoms with Crippen LogP contribution in [0.2, 0.25) is 0 Å². The maximum atomic E-state index is 13.0. The molecule has 1 unspecified atom stereocenters. The van der Waals surface area contributed by atoms with Crippen LogP contribution in [-0.4, -0.2) is 57.8 Å². The maximum Gasteiger partial charge on any atom is 0.410 e. The summed E-state index contributed by atoms with van der Waals surface area (Å²) in [4.78, 5) is 38.5. The molecule has 2 N–H and O–H groups in total. The molecule has 1 amide bonds. The Morgan fingerprint density at radius 2 is 1.70 bits per heavy atom. The molecular weight excluding hydrogens is 422 g/mol. The summed E-state index contributed by atoms with van der Waals surface area (Å²) < 4.78 is 6.85. The van der Waals surface area contributed by atoms with Crippen LogP contribution in [0.15, 0.2) is 60.8 Å². The molecular formula is C25H29N3O5. The van der Waals surface area contributed by atoms with Gasteiger partial charge in [0.2, 0.25) is 5.91 Å². The number of carbonyl (C=O) groups is 3. The van der Waals surface area contributed by atoms with Gasteiger partial charge in [0, 0.05) is 30.7 Å². The summed E-state index contributed by atoms with van der Waals surface area (Å²) in [6.07, 6.45) is 0.957. The van der Waals surface area contributed by atoms with E-state index in [2.05, 4.69) is 5.32 Å². The van der Waals surface area contributed by atoms with Gasteiger partial charge in [0.15, 0.2) is 0 Å². The minimum Gasteiger partial charge on any atom is -0.480 e. The molecule has 0 bridgehead atoms. The Bertz CT molecular complexity index is 1150. The molecule has 0 aliphatic carbocycles. The summed E-state index contributed by atoms with van der Waals surface area (Å²) in [5.41, 5.74) is 1.41. The van der Waals surface area contributed by atoms with E-state index in [1.807, 2.05) is 54.6 Å². The van der Waals surface area contributed by atoms with Gasteiger partial charge in [-0.25, -0.2) is 9.59 Å². The van der Waals surface area contributed by atoms with Gasteiger partial charge in [0.1, 0.15) is 11.6 Å². The van der Waals surface area contributed by atoms with Crippen molar-refractivity contribution in [3.8, 4) is 0 Å². The Morgan fingerprint density at radius 3 is 2.33 bits per heavy atom. The van der Waals surface area contributed by atoms with Gasteiger partial charge in [-0.1, -0.05) is 36.4 Å². The van der Waals surface area contributed by atoms with Gasteiger partial charge in [-0.15, -0.1) is 0 Å². The van der Waals surface area contributed by atoms with Gasteiger partial charge in [0.25, 0.3) is 0 Å². The van der Waals surface area contributed by atoms with E-state index < -0.39 is 23.7 Å². The standard InChI is InChI=1S/C25H29N3O5/c1-25(2,3)33-24(32)27(4)21(23(30)31)14-17-16-28(20-13-9-8-12-19(17)20)22(29)15-26-18-10-6-5-7-11-18/h5-13,16,21,26H,14-15H2,1-4H3,(H,30,31). The molecule has 0 fully saturated rings. The molecule has 0 radical (unpaired) electrons. The van der Waals surface area contributed by atoms with Crippen molar-refractivity contribution in [1.29, 1.82) is 0 Å². The lowest BCUT2D eigenvalue weighted by Gasteiger charge is -2.28. The number of hydrogen-bond donors (Lipinski definition) is 2. The number of amides is 1. The number of likely N-dealkylation sites (N-methyl/N-ethyl adjacent to an activating group) is 1. The molecule has 33 heavy (non-hydrogen) atoms. The number of nitrogens with zero attached hydrogens (tertiary/aromatic N) is 2. The van der Waals surface area contributed by atoms with Gasteiger partial charge in [-0.3, -0.25) is 14.3 Å². The minimum atomic E-state index is -1.16. The van der Waals surface area contributed by atoms with Gasteiger partial charge in [0.05, 0.1) is 12.1 Å². The highest BCUT2D eigenvalue weighted by Crippen LogP contribution is 2.24. The number of carboxylic acid groups (broad SMARTS) is 1. The third-order valence-electron chi connectivity index (χ3n) is 5.13. The van der Waals surface area contributed by atoms with Gasteiger partial charge in [-0.05, 0) is 44.5 Å². The number of para-hydroxylation sites is 2. The highest BCUT2D eigenvalue weighted by Gasteiger charge is 2.31. The minimum absolute atomic E-state index is 0.0258. The van der Waals surface area contributed by atoms with Crippen molar-refractivity contribution < 1.29 is 24.2 Å². The number of hydrogen-bond acceptors (Lipinski definition) is 5. The molecule has 0 spiro atoms. The first-order valence-electron chi connectivity index (χ1n) is 10.7. The second-order valence-electron chi connectivity index (χ2n) is 8.80. The van der Waals surface area contributed by atoms with Crippen molar-refractivity contribution in [2.45, 2.75) is 38.8 Å². The van der Waals surface area contributed by atoms with Crippen LogP contribution in [0.3, 0.4) is 0 Å². The Morgan fingerprint density at radius 1 is 1.06 bits per heavy atom. The van der Waals surface area contributed by atoms with Crippen LogP contribution in [0.5, 0.6) is 0 Å². The van der Waals surface area contributed by atoms with E-state index in [4.69, 9.17) is 4.74 Å². The third kappa shape index (κ3) is 5.91. The van der Waals surface area contributed by atoms with Crippen LogP contribution in [0.4, 0.5) is 10.5 Å². The predicted octanol–water partition coefficient (Wildman–Crippen LogP) is 4.26. The Kier molecular flexibility index (Phi) is 7.06. The lowest BCUT2D eigenvalue weighted by atomic mass is 10.0. The normalized spacial score (nSPS) is 12.2. The van der Waals surface area contributed by atoms with Crippen molar-refractivity contribution in [2.75, 3.05) is 18.9 Å². The van der Waals surface area contributed by atoms with Crippen LogP contribution < -0.4 is 5.32 Å². The average molecular weight is 452 g/mol. The first-order chi connectivity index (χ1) is 15.6. The topological polar surface area (TPSA) is 101 Å². The highest BCUT2D eigenvalue weighted by molar-refractivity contribution is 5.96. The molecule has 3 aromatic rings. The number of rotatable bonds is 7. The fourth-order valence-corrected chi connectivity index (χ4v) is 3.50. The molecule has 1 heterocycles. The Labute approximate surface area is 192 Å². The summed E-state index contributed by atoms with van der Waals surface area (Å²) in [5.74, 6) is -1.34. The van der Waals surface area contributed by atoms with Crippen LogP contribution in [0.25, 0.3) is 10.9 Å². The van der Waals surface area contributed by atoms with Crippen molar-refractivity contribution in [3.05, 3.63) is 66.4 Å². The third-order valence-corrected chi connectivity index (χ3v) is 5.13. The molecule has 2 aromatic carbocycles. The largest absolute Gasteiger partial charge is 0.480 e. The van der Waals surface area contributed by atoms with Crippen LogP contribution in [0.1, 0.15) is 31.1 Å². The van der Waals surface area contributed by atoms with Crippen molar-refractivity contribution in [3.63, 3.8) is 0 Å². The van der Waals surface area contributed by atoms with Crippen LogP contribution >= 0.6 is 0 Å². The van der Waals surface area contributed by atoms with E-state index in [1.165, 1.54) is 11.6 Å². The van der Waals surface area contributed by atoms with E-state index >= 15 is 0 Å². The van der Waals surface area contributed by atoms with E-state index in [9.17, 15) is 19.5 Å². The number of carbonyl (C=O) groups excluding carboxylic acids is 2. The number of aliphatic carboxylic acids is 1.